The molecule has 5 heteroatoms. The van der Waals surface area contributed by atoms with E-state index in [1.54, 1.807) is 7.11 Å². The molecule has 1 rings (SSSR count). The zero-order chi connectivity index (χ0) is 13.1. The average Bonchev–Trinajstić information content (AvgIpc) is 2.56. The number of aryl methyl sites for hydroxylation is 2. The SMILES string of the molecule is COC(C)(C)CC(Cc1cc(C)nn1C)NN. The van der Waals surface area contributed by atoms with Gasteiger partial charge in [-0.3, -0.25) is 16.0 Å². The number of hydrogen-bond donors (Lipinski definition) is 2. The number of nitrogens with two attached hydrogens (primary N) is 1. The molecule has 1 aromatic heterocycles. The van der Waals surface area contributed by atoms with Gasteiger partial charge in [-0.05, 0) is 33.3 Å². The summed E-state index contributed by atoms with van der Waals surface area (Å²) in [7, 11) is 3.68. The maximum atomic E-state index is 5.60. The van der Waals surface area contributed by atoms with Gasteiger partial charge in [0.2, 0.25) is 0 Å². The molecule has 98 valence electrons. The van der Waals surface area contributed by atoms with E-state index in [0.29, 0.717) is 0 Å². The second-order valence-electron chi connectivity index (χ2n) is 5.14. The normalized spacial score (nSPS) is 14.0. The molecule has 1 aromatic rings. The molecule has 0 aliphatic heterocycles. The summed E-state index contributed by atoms with van der Waals surface area (Å²) in [6.07, 6.45) is 1.70. The Morgan fingerprint density at radius 2 is 2.24 bits per heavy atom. The Morgan fingerprint density at radius 3 is 2.65 bits per heavy atom. The first-order valence-electron chi connectivity index (χ1n) is 5.89. The number of ether oxygens (including phenoxy) is 1. The molecule has 0 spiro atoms. The van der Waals surface area contributed by atoms with Crippen LogP contribution in [0.2, 0.25) is 0 Å². The summed E-state index contributed by atoms with van der Waals surface area (Å²) in [6.45, 7) is 6.12. The van der Waals surface area contributed by atoms with Crippen LogP contribution in [0.1, 0.15) is 31.7 Å². The second kappa shape index (κ2) is 5.62. The lowest BCUT2D eigenvalue weighted by atomic mass is 9.96. The van der Waals surface area contributed by atoms with E-state index in [9.17, 15) is 0 Å². The average molecular weight is 240 g/mol. The van der Waals surface area contributed by atoms with Crippen molar-refractivity contribution >= 4 is 0 Å². The Hall–Kier alpha value is -0.910. The fraction of sp³-hybridized carbons (Fsp3) is 0.750. The summed E-state index contributed by atoms with van der Waals surface area (Å²) in [5.74, 6) is 5.60. The fourth-order valence-electron chi connectivity index (χ4n) is 1.97. The van der Waals surface area contributed by atoms with Crippen LogP contribution in [0.15, 0.2) is 6.07 Å². The van der Waals surface area contributed by atoms with Crippen molar-refractivity contribution in [1.29, 1.82) is 0 Å². The van der Waals surface area contributed by atoms with Crippen molar-refractivity contribution in [1.82, 2.24) is 15.2 Å². The summed E-state index contributed by atoms with van der Waals surface area (Å²) in [5.41, 5.74) is 4.89. The maximum absolute atomic E-state index is 5.60. The van der Waals surface area contributed by atoms with E-state index >= 15 is 0 Å². The molecule has 1 heterocycles. The first-order valence-corrected chi connectivity index (χ1v) is 5.89. The fourth-order valence-corrected chi connectivity index (χ4v) is 1.97. The number of rotatable bonds is 6. The minimum Gasteiger partial charge on any atom is -0.379 e. The molecule has 0 saturated carbocycles. The molecule has 5 nitrogen and oxygen atoms in total. The number of methoxy groups -OCH3 is 1. The van der Waals surface area contributed by atoms with E-state index in [-0.39, 0.29) is 11.6 Å². The zero-order valence-corrected chi connectivity index (χ0v) is 11.4. The predicted octanol–water partition coefficient (Wildman–Crippen LogP) is 0.918. The van der Waals surface area contributed by atoms with Crippen molar-refractivity contribution in [2.24, 2.45) is 12.9 Å². The molecular weight excluding hydrogens is 216 g/mol. The predicted molar refractivity (Wildman–Crippen MR) is 68.5 cm³/mol. The quantitative estimate of drug-likeness (QED) is 0.573. The molecule has 3 N–H and O–H groups in total. The van der Waals surface area contributed by atoms with E-state index in [0.717, 1.165) is 18.5 Å². The third-order valence-electron chi connectivity index (χ3n) is 3.08. The summed E-state index contributed by atoms with van der Waals surface area (Å²) in [6, 6.07) is 2.27. The molecule has 1 unspecified atom stereocenters. The van der Waals surface area contributed by atoms with Gasteiger partial charge in [-0.1, -0.05) is 0 Å². The smallest absolute Gasteiger partial charge is 0.0638 e. The lowest BCUT2D eigenvalue weighted by Crippen LogP contribution is -2.42. The van der Waals surface area contributed by atoms with E-state index in [1.807, 2.05) is 18.7 Å². The minimum absolute atomic E-state index is 0.176. The van der Waals surface area contributed by atoms with Gasteiger partial charge in [0.05, 0.1) is 11.3 Å². The van der Waals surface area contributed by atoms with Crippen LogP contribution in [-0.4, -0.2) is 28.5 Å². The van der Waals surface area contributed by atoms with Gasteiger partial charge >= 0.3 is 0 Å². The van der Waals surface area contributed by atoms with Gasteiger partial charge in [0.25, 0.3) is 0 Å². The first-order chi connectivity index (χ1) is 7.88. The first kappa shape index (κ1) is 14.2. The van der Waals surface area contributed by atoms with Crippen LogP contribution in [-0.2, 0) is 18.2 Å². The number of hydrogen-bond acceptors (Lipinski definition) is 4. The summed E-state index contributed by atoms with van der Waals surface area (Å²) in [5, 5.41) is 4.33. The Bertz CT molecular complexity index is 359. The van der Waals surface area contributed by atoms with Crippen molar-refractivity contribution in [3.8, 4) is 0 Å². The van der Waals surface area contributed by atoms with Crippen LogP contribution in [0, 0.1) is 6.92 Å². The molecule has 0 aromatic carbocycles. The van der Waals surface area contributed by atoms with Gasteiger partial charge in [0.15, 0.2) is 0 Å². The van der Waals surface area contributed by atoms with Crippen molar-refractivity contribution in [2.45, 2.75) is 45.3 Å². The number of nitrogens with zero attached hydrogens (tertiary/aromatic N) is 2. The summed E-state index contributed by atoms with van der Waals surface area (Å²) in [4.78, 5) is 0. The molecule has 0 aliphatic rings. The third-order valence-corrected chi connectivity index (χ3v) is 3.08. The molecule has 0 aliphatic carbocycles. The number of hydrazine groups is 1. The zero-order valence-electron chi connectivity index (χ0n) is 11.4. The van der Waals surface area contributed by atoms with Crippen LogP contribution in [0.5, 0.6) is 0 Å². The Kier molecular flexibility index (Phi) is 4.68. The topological polar surface area (TPSA) is 65.1 Å². The highest BCUT2D eigenvalue weighted by molar-refractivity contribution is 5.10. The number of nitrogens with one attached hydrogen (secondary N) is 1. The highest BCUT2D eigenvalue weighted by Crippen LogP contribution is 2.18. The standard InChI is InChI=1S/C12H24N4O/c1-9-6-11(16(4)15-9)7-10(14-13)8-12(2,3)17-5/h6,10,14H,7-8,13H2,1-5H3. The lowest BCUT2D eigenvalue weighted by Gasteiger charge is -2.28. The third kappa shape index (κ3) is 4.11. The molecule has 1 atom stereocenters. The van der Waals surface area contributed by atoms with Gasteiger partial charge < -0.3 is 4.74 Å². The molecule has 0 saturated heterocycles. The number of aromatic nitrogens is 2. The summed E-state index contributed by atoms with van der Waals surface area (Å²) < 4.78 is 7.33. The van der Waals surface area contributed by atoms with Crippen LogP contribution in [0.4, 0.5) is 0 Å². The van der Waals surface area contributed by atoms with E-state index < -0.39 is 0 Å². The monoisotopic (exact) mass is 240 g/mol. The molecule has 17 heavy (non-hydrogen) atoms. The Balaban J connectivity index is 2.67. The Morgan fingerprint density at radius 1 is 1.59 bits per heavy atom. The van der Waals surface area contributed by atoms with Crippen LogP contribution >= 0.6 is 0 Å². The maximum Gasteiger partial charge on any atom is 0.0638 e. The molecule has 0 radical (unpaired) electrons. The van der Waals surface area contributed by atoms with Gasteiger partial charge in [-0.15, -0.1) is 0 Å². The van der Waals surface area contributed by atoms with E-state index in [1.165, 1.54) is 5.69 Å². The molecule has 0 fully saturated rings. The Labute approximate surface area is 103 Å². The highest BCUT2D eigenvalue weighted by Gasteiger charge is 2.23. The van der Waals surface area contributed by atoms with Crippen LogP contribution < -0.4 is 11.3 Å². The van der Waals surface area contributed by atoms with Crippen molar-refractivity contribution in [3.63, 3.8) is 0 Å². The van der Waals surface area contributed by atoms with Gasteiger partial charge in [0, 0.05) is 32.3 Å². The van der Waals surface area contributed by atoms with Crippen LogP contribution in [0.3, 0.4) is 0 Å². The summed E-state index contributed by atoms with van der Waals surface area (Å²) >= 11 is 0. The molecular formula is C12H24N4O. The molecule has 0 amide bonds. The van der Waals surface area contributed by atoms with E-state index in [4.69, 9.17) is 10.6 Å². The van der Waals surface area contributed by atoms with Crippen molar-refractivity contribution < 1.29 is 4.74 Å². The van der Waals surface area contributed by atoms with Gasteiger partial charge in [-0.25, -0.2) is 0 Å². The second-order valence-corrected chi connectivity index (χ2v) is 5.14. The molecule has 0 bridgehead atoms. The van der Waals surface area contributed by atoms with Crippen molar-refractivity contribution in [2.75, 3.05) is 7.11 Å². The van der Waals surface area contributed by atoms with Gasteiger partial charge in [0.1, 0.15) is 0 Å². The van der Waals surface area contributed by atoms with Gasteiger partial charge in [-0.2, -0.15) is 5.10 Å². The van der Waals surface area contributed by atoms with E-state index in [2.05, 4.69) is 30.4 Å². The minimum atomic E-state index is -0.176. The largest absolute Gasteiger partial charge is 0.379 e. The lowest BCUT2D eigenvalue weighted by molar-refractivity contribution is 0.00697. The highest BCUT2D eigenvalue weighted by atomic mass is 16.5. The van der Waals surface area contributed by atoms with Crippen molar-refractivity contribution in [3.05, 3.63) is 17.5 Å². The van der Waals surface area contributed by atoms with Crippen LogP contribution in [0.25, 0.3) is 0 Å².